The lowest BCUT2D eigenvalue weighted by Gasteiger charge is -2.25. The average Bonchev–Trinajstić information content (AvgIpc) is 2.61. The van der Waals surface area contributed by atoms with Gasteiger partial charge in [0.15, 0.2) is 0 Å². The maximum atomic E-state index is 13.8. The summed E-state index contributed by atoms with van der Waals surface area (Å²) in [4.78, 5) is 0. The van der Waals surface area contributed by atoms with E-state index in [0.717, 1.165) is 17.4 Å². The maximum absolute atomic E-state index is 13.8. The van der Waals surface area contributed by atoms with E-state index in [4.69, 9.17) is 0 Å². The number of allylic oxidation sites excluding steroid dienone is 1. The lowest BCUT2D eigenvalue weighted by molar-refractivity contribution is 0.304. The SMILES string of the molecule is CCC1CCC(C=Cc2ccc(-c3ccccc3F)cc2)CC1. The molecule has 0 unspecified atom stereocenters. The van der Waals surface area contributed by atoms with Crippen LogP contribution >= 0.6 is 0 Å². The van der Waals surface area contributed by atoms with Crippen LogP contribution in [0.1, 0.15) is 44.6 Å². The Hall–Kier alpha value is -1.89. The van der Waals surface area contributed by atoms with Crippen LogP contribution in [-0.2, 0) is 0 Å². The van der Waals surface area contributed by atoms with Gasteiger partial charge in [-0.25, -0.2) is 4.39 Å². The summed E-state index contributed by atoms with van der Waals surface area (Å²) in [6, 6.07) is 15.1. The zero-order chi connectivity index (χ0) is 16.1. The van der Waals surface area contributed by atoms with Crippen LogP contribution in [0.15, 0.2) is 54.6 Å². The molecule has 120 valence electrons. The van der Waals surface area contributed by atoms with Crippen molar-refractivity contribution in [3.05, 3.63) is 66.0 Å². The third-order valence-electron chi connectivity index (χ3n) is 5.13. The Morgan fingerprint density at radius 3 is 2.30 bits per heavy atom. The lowest BCUT2D eigenvalue weighted by Crippen LogP contribution is -2.11. The summed E-state index contributed by atoms with van der Waals surface area (Å²) in [6.07, 6.45) is 11.3. The van der Waals surface area contributed by atoms with Crippen LogP contribution in [0.25, 0.3) is 17.2 Å². The Kier molecular flexibility index (Phi) is 5.27. The Labute approximate surface area is 139 Å². The molecule has 1 aliphatic rings. The first-order chi connectivity index (χ1) is 11.3. The summed E-state index contributed by atoms with van der Waals surface area (Å²) in [5.74, 6) is 1.51. The first-order valence-electron chi connectivity index (χ1n) is 8.79. The summed E-state index contributed by atoms with van der Waals surface area (Å²) in [5, 5.41) is 0. The number of rotatable bonds is 4. The molecule has 0 heterocycles. The molecular formula is C22H25F. The predicted molar refractivity (Wildman–Crippen MR) is 96.6 cm³/mol. The molecule has 0 aromatic heterocycles. The van der Waals surface area contributed by atoms with E-state index in [1.54, 1.807) is 6.07 Å². The fourth-order valence-corrected chi connectivity index (χ4v) is 3.51. The zero-order valence-corrected chi connectivity index (χ0v) is 13.8. The molecule has 0 saturated heterocycles. The highest BCUT2D eigenvalue weighted by Gasteiger charge is 2.17. The fraction of sp³-hybridized carbons (Fsp3) is 0.364. The average molecular weight is 308 g/mol. The maximum Gasteiger partial charge on any atom is 0.131 e. The van der Waals surface area contributed by atoms with E-state index in [9.17, 15) is 4.39 Å². The second-order valence-corrected chi connectivity index (χ2v) is 6.65. The van der Waals surface area contributed by atoms with Gasteiger partial charge >= 0.3 is 0 Å². The molecule has 0 spiro atoms. The van der Waals surface area contributed by atoms with Crippen LogP contribution in [0.4, 0.5) is 4.39 Å². The van der Waals surface area contributed by atoms with Crippen molar-refractivity contribution in [2.45, 2.75) is 39.0 Å². The quantitative estimate of drug-likeness (QED) is 0.588. The van der Waals surface area contributed by atoms with Crippen LogP contribution in [-0.4, -0.2) is 0 Å². The van der Waals surface area contributed by atoms with Crippen LogP contribution in [0.3, 0.4) is 0 Å². The molecular weight excluding hydrogens is 283 g/mol. The minimum atomic E-state index is -0.163. The fourth-order valence-electron chi connectivity index (χ4n) is 3.51. The molecule has 0 bridgehead atoms. The van der Waals surface area contributed by atoms with E-state index < -0.39 is 0 Å². The molecule has 23 heavy (non-hydrogen) atoms. The Bertz CT molecular complexity index is 646. The van der Waals surface area contributed by atoms with Crippen molar-refractivity contribution in [1.82, 2.24) is 0 Å². The van der Waals surface area contributed by atoms with Gasteiger partial charge in [0.05, 0.1) is 0 Å². The summed E-state index contributed by atoms with van der Waals surface area (Å²) in [6.45, 7) is 2.30. The van der Waals surface area contributed by atoms with Gasteiger partial charge in [0.25, 0.3) is 0 Å². The van der Waals surface area contributed by atoms with E-state index in [0.29, 0.717) is 5.56 Å². The van der Waals surface area contributed by atoms with Crippen LogP contribution in [0.2, 0.25) is 0 Å². The van der Waals surface area contributed by atoms with Gasteiger partial charge in [-0.15, -0.1) is 0 Å². The largest absolute Gasteiger partial charge is 0.206 e. The van der Waals surface area contributed by atoms with Gasteiger partial charge in [-0.05, 0) is 54.7 Å². The Morgan fingerprint density at radius 1 is 0.957 bits per heavy atom. The van der Waals surface area contributed by atoms with E-state index in [1.165, 1.54) is 43.7 Å². The molecule has 0 aliphatic heterocycles. The van der Waals surface area contributed by atoms with E-state index in [-0.39, 0.29) is 5.82 Å². The van der Waals surface area contributed by atoms with Gasteiger partial charge in [0, 0.05) is 5.56 Å². The highest BCUT2D eigenvalue weighted by Crippen LogP contribution is 2.31. The molecule has 3 rings (SSSR count). The molecule has 2 aromatic rings. The van der Waals surface area contributed by atoms with Crippen LogP contribution in [0, 0.1) is 17.7 Å². The number of benzene rings is 2. The summed E-state index contributed by atoms with van der Waals surface area (Å²) in [5.41, 5.74) is 2.80. The zero-order valence-electron chi connectivity index (χ0n) is 13.8. The number of halogens is 1. The minimum Gasteiger partial charge on any atom is -0.206 e. The molecule has 0 nitrogen and oxygen atoms in total. The molecule has 1 saturated carbocycles. The van der Waals surface area contributed by atoms with Gasteiger partial charge in [-0.3, -0.25) is 0 Å². The minimum absolute atomic E-state index is 0.163. The van der Waals surface area contributed by atoms with E-state index >= 15 is 0 Å². The second kappa shape index (κ2) is 7.59. The van der Waals surface area contributed by atoms with Gasteiger partial charge in [0.2, 0.25) is 0 Å². The summed E-state index contributed by atoms with van der Waals surface area (Å²) < 4.78 is 13.8. The van der Waals surface area contributed by atoms with Crippen molar-refractivity contribution in [2.75, 3.05) is 0 Å². The number of hydrogen-bond donors (Lipinski definition) is 0. The van der Waals surface area contributed by atoms with Gasteiger partial charge in [-0.1, -0.05) is 68.0 Å². The van der Waals surface area contributed by atoms with E-state index in [2.05, 4.69) is 31.2 Å². The molecule has 0 N–H and O–H groups in total. The number of hydrogen-bond acceptors (Lipinski definition) is 0. The van der Waals surface area contributed by atoms with Gasteiger partial charge < -0.3 is 0 Å². The molecule has 1 fully saturated rings. The van der Waals surface area contributed by atoms with E-state index in [1.807, 2.05) is 24.3 Å². The monoisotopic (exact) mass is 308 g/mol. The highest BCUT2D eigenvalue weighted by molar-refractivity contribution is 5.66. The van der Waals surface area contributed by atoms with Gasteiger partial charge in [-0.2, -0.15) is 0 Å². The molecule has 1 heteroatoms. The summed E-state index contributed by atoms with van der Waals surface area (Å²) in [7, 11) is 0. The molecule has 0 amide bonds. The van der Waals surface area contributed by atoms with Crippen LogP contribution in [0.5, 0.6) is 0 Å². The standard InChI is InChI=1S/C22H25F/c1-2-17-7-9-18(10-8-17)11-12-19-13-15-20(16-14-19)21-5-3-4-6-22(21)23/h3-6,11-18H,2,7-10H2,1H3. The van der Waals surface area contributed by atoms with Crippen molar-refractivity contribution >= 4 is 6.08 Å². The topological polar surface area (TPSA) is 0 Å². The highest BCUT2D eigenvalue weighted by atomic mass is 19.1. The molecule has 2 aromatic carbocycles. The first-order valence-corrected chi connectivity index (χ1v) is 8.79. The third kappa shape index (κ3) is 4.10. The Balaban J connectivity index is 1.64. The van der Waals surface area contributed by atoms with Crippen molar-refractivity contribution in [1.29, 1.82) is 0 Å². The lowest BCUT2D eigenvalue weighted by atomic mass is 9.80. The first kappa shape index (κ1) is 16.0. The normalized spacial score (nSPS) is 21.7. The summed E-state index contributed by atoms with van der Waals surface area (Å²) >= 11 is 0. The van der Waals surface area contributed by atoms with Crippen molar-refractivity contribution in [3.63, 3.8) is 0 Å². The second-order valence-electron chi connectivity index (χ2n) is 6.65. The van der Waals surface area contributed by atoms with Crippen molar-refractivity contribution < 1.29 is 4.39 Å². The Morgan fingerprint density at radius 2 is 1.65 bits per heavy atom. The molecule has 0 atom stereocenters. The third-order valence-corrected chi connectivity index (χ3v) is 5.13. The molecule has 1 aliphatic carbocycles. The van der Waals surface area contributed by atoms with Crippen molar-refractivity contribution in [2.24, 2.45) is 11.8 Å². The molecule has 0 radical (unpaired) electrons. The van der Waals surface area contributed by atoms with Crippen LogP contribution < -0.4 is 0 Å². The van der Waals surface area contributed by atoms with Gasteiger partial charge in [0.1, 0.15) is 5.82 Å². The van der Waals surface area contributed by atoms with Crippen molar-refractivity contribution in [3.8, 4) is 11.1 Å². The predicted octanol–water partition coefficient (Wildman–Crippen LogP) is 6.72. The smallest absolute Gasteiger partial charge is 0.131 e.